The third-order valence-corrected chi connectivity index (χ3v) is 4.41. The monoisotopic (exact) mass is 170 g/mol. The second-order valence-corrected chi connectivity index (χ2v) is 5.22. The average molecular weight is 170 g/mol. The highest BCUT2D eigenvalue weighted by molar-refractivity contribution is 8.00. The van der Waals surface area contributed by atoms with Crippen molar-refractivity contribution in [3.05, 3.63) is 15.8 Å². The zero-order valence-corrected chi connectivity index (χ0v) is 7.81. The first-order chi connectivity index (χ1) is 4.77. The van der Waals surface area contributed by atoms with Crippen molar-refractivity contribution >= 4 is 23.1 Å². The minimum Gasteiger partial charge on any atom is -0.147 e. The Labute approximate surface area is 69.6 Å². The van der Waals surface area contributed by atoms with Crippen LogP contribution in [0.2, 0.25) is 0 Å². The van der Waals surface area contributed by atoms with Crippen LogP contribution in [0.4, 0.5) is 0 Å². The molecule has 54 valence electrons. The Morgan fingerprint density at radius 3 is 3.10 bits per heavy atom. The first-order valence-corrected chi connectivity index (χ1v) is 5.27. The van der Waals surface area contributed by atoms with Gasteiger partial charge in [0.15, 0.2) is 0 Å². The maximum atomic E-state index is 2.30. The van der Waals surface area contributed by atoms with Gasteiger partial charge in [0, 0.05) is 15.0 Å². The summed E-state index contributed by atoms with van der Waals surface area (Å²) in [5, 5.41) is 3.09. The molecule has 0 bridgehead atoms. The molecule has 1 aliphatic heterocycles. The summed E-state index contributed by atoms with van der Waals surface area (Å²) in [7, 11) is 0. The van der Waals surface area contributed by atoms with E-state index in [1.165, 1.54) is 12.0 Å². The molecule has 0 nitrogen and oxygen atoms in total. The first-order valence-electron chi connectivity index (χ1n) is 3.51. The van der Waals surface area contributed by atoms with Gasteiger partial charge in [-0.05, 0) is 24.3 Å². The van der Waals surface area contributed by atoms with E-state index in [9.17, 15) is 0 Å². The van der Waals surface area contributed by atoms with Crippen LogP contribution in [0.25, 0.3) is 0 Å². The number of thiophene rings is 1. The molecule has 2 heterocycles. The lowest BCUT2D eigenvalue weighted by molar-refractivity contribution is 0.980. The second kappa shape index (κ2) is 2.28. The van der Waals surface area contributed by atoms with Crippen LogP contribution in [0, 0.1) is 6.92 Å². The number of rotatable bonds is 0. The van der Waals surface area contributed by atoms with E-state index in [0.717, 1.165) is 5.25 Å². The van der Waals surface area contributed by atoms with Gasteiger partial charge in [-0.2, -0.15) is 0 Å². The summed E-state index contributed by atoms with van der Waals surface area (Å²) >= 11 is 3.96. The van der Waals surface area contributed by atoms with Crippen LogP contribution in [0.3, 0.4) is 0 Å². The molecular weight excluding hydrogens is 160 g/mol. The minimum absolute atomic E-state index is 0.821. The Hall–Kier alpha value is 0.0500. The molecule has 2 heteroatoms. The smallest absolute Gasteiger partial charge is 0.0244 e. The zero-order chi connectivity index (χ0) is 7.14. The molecule has 0 saturated carbocycles. The summed E-state index contributed by atoms with van der Waals surface area (Å²) in [6.45, 7) is 4.51. The van der Waals surface area contributed by atoms with Crippen molar-refractivity contribution in [2.45, 2.75) is 30.4 Å². The molecule has 10 heavy (non-hydrogen) atoms. The largest absolute Gasteiger partial charge is 0.147 e. The molecule has 1 aromatic rings. The Balaban J connectivity index is 2.44. The highest BCUT2D eigenvalue weighted by Gasteiger charge is 2.21. The predicted molar refractivity (Wildman–Crippen MR) is 48.1 cm³/mol. The number of hydrogen-bond acceptors (Lipinski definition) is 2. The Bertz CT molecular complexity index is 250. The van der Waals surface area contributed by atoms with Crippen molar-refractivity contribution in [2.75, 3.05) is 0 Å². The fraction of sp³-hybridized carbons (Fsp3) is 0.500. The summed E-state index contributed by atoms with van der Waals surface area (Å²) < 4.78 is 0. The van der Waals surface area contributed by atoms with Crippen LogP contribution in [0.1, 0.15) is 17.4 Å². The van der Waals surface area contributed by atoms with Gasteiger partial charge in [-0.15, -0.1) is 23.1 Å². The topological polar surface area (TPSA) is 0 Å². The van der Waals surface area contributed by atoms with Gasteiger partial charge in [0.1, 0.15) is 0 Å². The molecule has 2 rings (SSSR count). The molecule has 1 aromatic heterocycles. The van der Waals surface area contributed by atoms with Crippen molar-refractivity contribution < 1.29 is 0 Å². The summed E-state index contributed by atoms with van der Waals surface area (Å²) in [5.74, 6) is 0. The zero-order valence-electron chi connectivity index (χ0n) is 6.18. The van der Waals surface area contributed by atoms with Gasteiger partial charge in [-0.25, -0.2) is 0 Å². The SMILES string of the molecule is Cc1csc2c1SC(C)C2. The van der Waals surface area contributed by atoms with Crippen LogP contribution >= 0.6 is 23.1 Å². The number of aryl methyl sites for hydroxylation is 1. The van der Waals surface area contributed by atoms with Crippen LogP contribution in [-0.4, -0.2) is 5.25 Å². The van der Waals surface area contributed by atoms with Gasteiger partial charge in [-0.1, -0.05) is 6.92 Å². The highest BCUT2D eigenvalue weighted by Crippen LogP contribution is 2.42. The molecule has 0 radical (unpaired) electrons. The maximum absolute atomic E-state index is 2.30. The van der Waals surface area contributed by atoms with Crippen molar-refractivity contribution in [3.8, 4) is 0 Å². The van der Waals surface area contributed by atoms with Crippen molar-refractivity contribution in [1.82, 2.24) is 0 Å². The van der Waals surface area contributed by atoms with Crippen LogP contribution < -0.4 is 0 Å². The minimum atomic E-state index is 0.821. The van der Waals surface area contributed by atoms with Gasteiger partial charge in [0.2, 0.25) is 0 Å². The van der Waals surface area contributed by atoms with E-state index in [0.29, 0.717) is 0 Å². The average Bonchev–Trinajstić information content (AvgIpc) is 2.35. The van der Waals surface area contributed by atoms with E-state index in [1.807, 2.05) is 23.1 Å². The van der Waals surface area contributed by atoms with Crippen LogP contribution in [0.5, 0.6) is 0 Å². The Kier molecular flexibility index (Phi) is 1.53. The molecule has 0 N–H and O–H groups in total. The number of fused-ring (bicyclic) bond motifs is 1. The van der Waals surface area contributed by atoms with Crippen LogP contribution in [-0.2, 0) is 6.42 Å². The highest BCUT2D eigenvalue weighted by atomic mass is 32.2. The van der Waals surface area contributed by atoms with E-state index < -0.39 is 0 Å². The lowest BCUT2D eigenvalue weighted by Crippen LogP contribution is -1.89. The summed E-state index contributed by atoms with van der Waals surface area (Å²) in [5.41, 5.74) is 1.48. The third kappa shape index (κ3) is 0.903. The summed E-state index contributed by atoms with van der Waals surface area (Å²) in [4.78, 5) is 3.17. The fourth-order valence-electron chi connectivity index (χ4n) is 1.29. The standard InChI is InChI=1S/C8H10S2/c1-5-4-9-7-3-6(2)10-8(5)7/h4,6H,3H2,1-2H3. The molecule has 1 aliphatic rings. The van der Waals surface area contributed by atoms with Crippen molar-refractivity contribution in [2.24, 2.45) is 0 Å². The molecule has 0 saturated heterocycles. The second-order valence-electron chi connectivity index (χ2n) is 2.80. The van der Waals surface area contributed by atoms with Gasteiger partial charge in [-0.3, -0.25) is 0 Å². The quantitative estimate of drug-likeness (QED) is 0.576. The maximum Gasteiger partial charge on any atom is 0.0244 e. The van der Waals surface area contributed by atoms with Crippen molar-refractivity contribution in [3.63, 3.8) is 0 Å². The summed E-state index contributed by atoms with van der Waals surface area (Å²) in [6, 6.07) is 0. The molecular formula is C8H10S2. The fourth-order valence-corrected chi connectivity index (χ4v) is 3.92. The molecule has 0 spiro atoms. The van der Waals surface area contributed by atoms with Crippen molar-refractivity contribution in [1.29, 1.82) is 0 Å². The van der Waals surface area contributed by atoms with Gasteiger partial charge < -0.3 is 0 Å². The number of thioether (sulfide) groups is 1. The van der Waals surface area contributed by atoms with E-state index in [2.05, 4.69) is 19.2 Å². The van der Waals surface area contributed by atoms with E-state index in [4.69, 9.17) is 0 Å². The first kappa shape index (κ1) is 6.74. The summed E-state index contributed by atoms with van der Waals surface area (Å²) in [6.07, 6.45) is 1.29. The van der Waals surface area contributed by atoms with E-state index >= 15 is 0 Å². The predicted octanol–water partition coefficient (Wildman–Crippen LogP) is 3.09. The van der Waals surface area contributed by atoms with Gasteiger partial charge >= 0.3 is 0 Å². The molecule has 0 aliphatic carbocycles. The number of hydrogen-bond donors (Lipinski definition) is 0. The molecule has 0 aromatic carbocycles. The Morgan fingerprint density at radius 1 is 1.60 bits per heavy atom. The lowest BCUT2D eigenvalue weighted by atomic mass is 10.2. The normalized spacial score (nSPS) is 23.2. The molecule has 1 unspecified atom stereocenters. The van der Waals surface area contributed by atoms with Gasteiger partial charge in [0.25, 0.3) is 0 Å². The van der Waals surface area contributed by atoms with Crippen LogP contribution in [0.15, 0.2) is 10.3 Å². The van der Waals surface area contributed by atoms with E-state index in [1.54, 1.807) is 9.77 Å². The lowest BCUT2D eigenvalue weighted by Gasteiger charge is -1.96. The molecule has 0 amide bonds. The van der Waals surface area contributed by atoms with Gasteiger partial charge in [0.05, 0.1) is 0 Å². The molecule has 1 atom stereocenters. The molecule has 0 fully saturated rings. The third-order valence-electron chi connectivity index (χ3n) is 1.78. The van der Waals surface area contributed by atoms with E-state index in [-0.39, 0.29) is 0 Å². The Morgan fingerprint density at radius 2 is 2.40 bits per heavy atom.